The van der Waals surface area contributed by atoms with Gasteiger partial charge in [0.05, 0.1) is 22.8 Å². The first-order valence-electron chi connectivity index (χ1n) is 6.94. The molecule has 1 aliphatic rings. The van der Waals surface area contributed by atoms with Crippen molar-refractivity contribution in [2.45, 2.75) is 57.5 Å². The number of carbonyl (C=O) groups is 1. The summed E-state index contributed by atoms with van der Waals surface area (Å²) in [5, 5.41) is 7.36. The van der Waals surface area contributed by atoms with Crippen LogP contribution in [0.4, 0.5) is 0 Å². The van der Waals surface area contributed by atoms with Crippen molar-refractivity contribution in [2.75, 3.05) is 6.54 Å². The maximum absolute atomic E-state index is 12.3. The molecule has 0 atom stereocenters. The lowest BCUT2D eigenvalue weighted by atomic mass is 9.97. The summed E-state index contributed by atoms with van der Waals surface area (Å²) in [5.41, 5.74) is 6.12. The van der Waals surface area contributed by atoms with Gasteiger partial charge in [0, 0.05) is 12.7 Å². The third-order valence-electron chi connectivity index (χ3n) is 3.86. The van der Waals surface area contributed by atoms with Gasteiger partial charge in [0.25, 0.3) is 5.91 Å². The van der Waals surface area contributed by atoms with Gasteiger partial charge in [-0.1, -0.05) is 12.8 Å². The highest BCUT2D eigenvalue weighted by molar-refractivity contribution is 5.94. The highest BCUT2D eigenvalue weighted by Crippen LogP contribution is 2.29. The smallest absolute Gasteiger partial charge is 0.254 e. The Hall–Kier alpha value is -1.36. The van der Waals surface area contributed by atoms with Gasteiger partial charge in [-0.25, -0.2) is 0 Å². The number of nitrogens with zero attached hydrogens (tertiary/aromatic N) is 2. The first-order chi connectivity index (χ1) is 8.86. The maximum Gasteiger partial charge on any atom is 0.254 e. The zero-order chi connectivity index (χ0) is 14.1. The van der Waals surface area contributed by atoms with Crippen LogP contribution in [-0.2, 0) is 5.54 Å². The Kier molecular flexibility index (Phi) is 3.67. The number of nitrogens with one attached hydrogen (secondary N) is 1. The largest absolute Gasteiger partial charge is 0.345 e. The van der Waals surface area contributed by atoms with Crippen LogP contribution in [0.15, 0.2) is 12.4 Å². The Balaban J connectivity index is 2.10. The van der Waals surface area contributed by atoms with Crippen molar-refractivity contribution in [1.29, 1.82) is 0 Å². The van der Waals surface area contributed by atoms with E-state index < -0.39 is 0 Å². The number of hydrogen-bond donors (Lipinski definition) is 2. The molecule has 19 heavy (non-hydrogen) atoms. The van der Waals surface area contributed by atoms with Crippen LogP contribution in [0.2, 0.25) is 0 Å². The van der Waals surface area contributed by atoms with E-state index in [0.717, 1.165) is 25.7 Å². The number of carbonyl (C=O) groups excluding carboxylic acids is 1. The second-order valence-corrected chi connectivity index (χ2v) is 6.49. The number of aromatic nitrogens is 2. The van der Waals surface area contributed by atoms with Crippen LogP contribution < -0.4 is 11.1 Å². The average molecular weight is 264 g/mol. The minimum atomic E-state index is -0.207. The summed E-state index contributed by atoms with van der Waals surface area (Å²) in [5.74, 6) is -0.0668. The first-order valence-corrected chi connectivity index (χ1v) is 6.94. The van der Waals surface area contributed by atoms with Crippen molar-refractivity contribution in [3.05, 3.63) is 18.0 Å². The maximum atomic E-state index is 12.3. The van der Waals surface area contributed by atoms with Gasteiger partial charge in [0.2, 0.25) is 0 Å². The van der Waals surface area contributed by atoms with Gasteiger partial charge in [-0.2, -0.15) is 5.10 Å². The summed E-state index contributed by atoms with van der Waals surface area (Å²) in [4.78, 5) is 12.3. The first kappa shape index (κ1) is 14.1. The molecule has 5 nitrogen and oxygen atoms in total. The van der Waals surface area contributed by atoms with Gasteiger partial charge >= 0.3 is 0 Å². The second-order valence-electron chi connectivity index (χ2n) is 6.49. The molecule has 0 saturated heterocycles. The van der Waals surface area contributed by atoms with Crippen LogP contribution in [0.1, 0.15) is 56.8 Å². The van der Waals surface area contributed by atoms with Crippen LogP contribution in [0.25, 0.3) is 0 Å². The number of nitrogens with two attached hydrogens (primary N) is 1. The van der Waals surface area contributed by atoms with E-state index in [-0.39, 0.29) is 17.0 Å². The third-order valence-corrected chi connectivity index (χ3v) is 3.86. The molecule has 106 valence electrons. The summed E-state index contributed by atoms with van der Waals surface area (Å²) in [6, 6.07) is 0. The fourth-order valence-electron chi connectivity index (χ4n) is 2.55. The van der Waals surface area contributed by atoms with Gasteiger partial charge < -0.3 is 11.1 Å². The van der Waals surface area contributed by atoms with Crippen molar-refractivity contribution in [1.82, 2.24) is 15.1 Å². The van der Waals surface area contributed by atoms with Gasteiger partial charge in [0.15, 0.2) is 0 Å². The van der Waals surface area contributed by atoms with Crippen molar-refractivity contribution < 1.29 is 4.79 Å². The predicted molar refractivity (Wildman–Crippen MR) is 74.9 cm³/mol. The van der Waals surface area contributed by atoms with Crippen molar-refractivity contribution >= 4 is 5.91 Å². The summed E-state index contributed by atoms with van der Waals surface area (Å²) in [6.45, 7) is 6.67. The highest BCUT2D eigenvalue weighted by atomic mass is 16.1. The van der Waals surface area contributed by atoms with Crippen LogP contribution in [-0.4, -0.2) is 27.8 Å². The molecular formula is C14H24N4O. The number of rotatable bonds is 3. The zero-order valence-corrected chi connectivity index (χ0v) is 12.1. The van der Waals surface area contributed by atoms with E-state index in [1.54, 1.807) is 12.4 Å². The molecule has 1 aromatic rings. The van der Waals surface area contributed by atoms with Crippen molar-refractivity contribution in [3.63, 3.8) is 0 Å². The molecule has 5 heteroatoms. The Labute approximate surface area is 114 Å². The van der Waals surface area contributed by atoms with E-state index >= 15 is 0 Å². The third kappa shape index (κ3) is 2.97. The minimum Gasteiger partial charge on any atom is -0.345 e. The van der Waals surface area contributed by atoms with Crippen molar-refractivity contribution in [3.8, 4) is 0 Å². The number of amides is 1. The van der Waals surface area contributed by atoms with Gasteiger partial charge in [-0.3, -0.25) is 9.48 Å². The molecule has 1 aromatic heterocycles. The standard InChI is InChI=1S/C14H24N4O/c1-13(2,3)18-9-11(8-16-18)12(19)17-14(10-15)6-4-5-7-14/h8-9H,4-7,10,15H2,1-3H3,(H,17,19). The molecular weight excluding hydrogens is 240 g/mol. The van der Waals surface area contributed by atoms with E-state index in [0.29, 0.717) is 12.1 Å². The Morgan fingerprint density at radius 2 is 2.11 bits per heavy atom. The van der Waals surface area contributed by atoms with Gasteiger partial charge in [-0.15, -0.1) is 0 Å². The topological polar surface area (TPSA) is 72.9 Å². The van der Waals surface area contributed by atoms with E-state index in [1.165, 1.54) is 0 Å². The quantitative estimate of drug-likeness (QED) is 0.871. The van der Waals surface area contributed by atoms with E-state index in [4.69, 9.17) is 5.73 Å². The summed E-state index contributed by atoms with van der Waals surface area (Å²) < 4.78 is 1.81. The summed E-state index contributed by atoms with van der Waals surface area (Å²) >= 11 is 0. The van der Waals surface area contributed by atoms with Gasteiger partial charge in [0.1, 0.15) is 0 Å². The summed E-state index contributed by atoms with van der Waals surface area (Å²) in [7, 11) is 0. The van der Waals surface area contributed by atoms with Crippen molar-refractivity contribution in [2.24, 2.45) is 5.73 Å². The van der Waals surface area contributed by atoms with Crippen LogP contribution >= 0.6 is 0 Å². The average Bonchev–Trinajstić information content (AvgIpc) is 2.97. The lowest BCUT2D eigenvalue weighted by molar-refractivity contribution is 0.0903. The molecule has 1 heterocycles. The molecule has 0 spiro atoms. The molecule has 1 amide bonds. The normalized spacial score (nSPS) is 18.5. The second kappa shape index (κ2) is 4.96. The molecule has 1 fully saturated rings. The molecule has 0 unspecified atom stereocenters. The number of hydrogen-bond acceptors (Lipinski definition) is 3. The summed E-state index contributed by atoms with van der Waals surface area (Å²) in [6.07, 6.45) is 7.65. The van der Waals surface area contributed by atoms with E-state index in [2.05, 4.69) is 31.2 Å². The minimum absolute atomic E-state index is 0.0668. The molecule has 0 aliphatic heterocycles. The molecule has 1 saturated carbocycles. The molecule has 3 N–H and O–H groups in total. The van der Waals surface area contributed by atoms with Gasteiger partial charge in [-0.05, 0) is 33.6 Å². The van der Waals surface area contributed by atoms with Crippen LogP contribution in [0.5, 0.6) is 0 Å². The molecule has 0 aromatic carbocycles. The van der Waals surface area contributed by atoms with Crippen LogP contribution in [0.3, 0.4) is 0 Å². The zero-order valence-electron chi connectivity index (χ0n) is 12.1. The molecule has 0 bridgehead atoms. The molecule has 2 rings (SSSR count). The molecule has 1 aliphatic carbocycles. The van der Waals surface area contributed by atoms with E-state index in [9.17, 15) is 4.79 Å². The van der Waals surface area contributed by atoms with E-state index in [1.807, 2.05) is 4.68 Å². The fourth-order valence-corrected chi connectivity index (χ4v) is 2.55. The Morgan fingerprint density at radius 1 is 1.47 bits per heavy atom. The Bertz CT molecular complexity index is 452. The fraction of sp³-hybridized carbons (Fsp3) is 0.714. The SMILES string of the molecule is CC(C)(C)n1cc(C(=O)NC2(CN)CCCC2)cn1. The Morgan fingerprint density at radius 3 is 2.58 bits per heavy atom. The van der Waals surface area contributed by atoms with Crippen LogP contribution in [0, 0.1) is 0 Å². The lowest BCUT2D eigenvalue weighted by Gasteiger charge is -2.28. The monoisotopic (exact) mass is 264 g/mol. The highest BCUT2D eigenvalue weighted by Gasteiger charge is 2.34. The lowest BCUT2D eigenvalue weighted by Crippen LogP contribution is -2.51. The molecule has 0 radical (unpaired) electrons. The predicted octanol–water partition coefficient (Wildman–Crippen LogP) is 1.64.